The van der Waals surface area contributed by atoms with E-state index in [-0.39, 0.29) is 17.2 Å². The van der Waals surface area contributed by atoms with E-state index in [9.17, 15) is 9.59 Å². The van der Waals surface area contributed by atoms with Crippen molar-refractivity contribution < 1.29 is 14.3 Å². The molecule has 1 aromatic rings. The van der Waals surface area contributed by atoms with Crippen molar-refractivity contribution in [1.82, 2.24) is 4.90 Å². The molecule has 1 aliphatic rings. The van der Waals surface area contributed by atoms with Crippen LogP contribution in [0.25, 0.3) is 6.08 Å². The van der Waals surface area contributed by atoms with Gasteiger partial charge < -0.3 is 4.74 Å². The molecule has 2 amide bonds. The maximum absolute atomic E-state index is 12.3. The zero-order chi connectivity index (χ0) is 15.7. The van der Waals surface area contributed by atoms with Crippen molar-refractivity contribution in [1.29, 1.82) is 0 Å². The molecule has 1 fully saturated rings. The van der Waals surface area contributed by atoms with Gasteiger partial charge in [0, 0.05) is 16.1 Å². The number of ether oxygens (including phenoxy) is 1. The second-order valence-electron chi connectivity index (χ2n) is 4.66. The van der Waals surface area contributed by atoms with E-state index in [1.807, 2.05) is 26.0 Å². The van der Waals surface area contributed by atoms with Gasteiger partial charge in [-0.2, -0.15) is 0 Å². The topological polar surface area (TPSA) is 46.6 Å². The van der Waals surface area contributed by atoms with Gasteiger partial charge in [-0.3, -0.25) is 14.5 Å². The van der Waals surface area contributed by atoms with Crippen molar-refractivity contribution in [3.05, 3.63) is 31.5 Å². The molecule has 0 bridgehead atoms. The minimum Gasteiger partial charge on any atom is -0.495 e. The van der Waals surface area contributed by atoms with E-state index < -0.39 is 0 Å². The van der Waals surface area contributed by atoms with Crippen LogP contribution in [-0.4, -0.2) is 29.2 Å². The lowest BCUT2D eigenvalue weighted by Crippen LogP contribution is -2.34. The standard InChI is InChI=1S/C14H13Br2NO3S/c1-7(2)17-13(18)11(21-14(17)19)5-8-4-9(15)6-10(16)12(8)20-3/h4-7H,1-3H3/b11-5-. The summed E-state index contributed by atoms with van der Waals surface area (Å²) < 4.78 is 6.97. The minimum atomic E-state index is -0.266. The van der Waals surface area contributed by atoms with Crippen LogP contribution in [-0.2, 0) is 4.79 Å². The molecule has 0 aromatic heterocycles. The van der Waals surface area contributed by atoms with Gasteiger partial charge in [0.05, 0.1) is 16.5 Å². The zero-order valence-electron chi connectivity index (χ0n) is 11.6. The number of halogens is 2. The fourth-order valence-corrected chi connectivity index (χ4v) is 4.34. The molecular formula is C14H13Br2NO3S. The summed E-state index contributed by atoms with van der Waals surface area (Å²) in [5.41, 5.74) is 0.730. The molecule has 0 unspecified atom stereocenters. The molecule has 0 N–H and O–H groups in total. The molecule has 21 heavy (non-hydrogen) atoms. The molecule has 0 radical (unpaired) electrons. The number of hydrogen-bond acceptors (Lipinski definition) is 4. The largest absolute Gasteiger partial charge is 0.495 e. The Kier molecular flexibility index (Phi) is 5.16. The molecule has 0 spiro atoms. The summed E-state index contributed by atoms with van der Waals surface area (Å²) in [5, 5.41) is -0.241. The second kappa shape index (κ2) is 6.54. The Morgan fingerprint density at radius 1 is 1.29 bits per heavy atom. The summed E-state index contributed by atoms with van der Waals surface area (Å²) in [5.74, 6) is 0.354. The molecule has 1 aliphatic heterocycles. The molecule has 0 saturated carbocycles. The second-order valence-corrected chi connectivity index (χ2v) is 7.42. The van der Waals surface area contributed by atoms with Gasteiger partial charge in [0.1, 0.15) is 5.75 Å². The third-order valence-corrected chi connectivity index (χ3v) is 4.80. The van der Waals surface area contributed by atoms with Crippen molar-refractivity contribution in [3.8, 4) is 5.75 Å². The molecule has 112 valence electrons. The fourth-order valence-electron chi connectivity index (χ4n) is 1.97. The normalized spacial score (nSPS) is 17.2. The van der Waals surface area contributed by atoms with Crippen molar-refractivity contribution in [2.75, 3.05) is 7.11 Å². The third kappa shape index (κ3) is 3.35. The van der Waals surface area contributed by atoms with Gasteiger partial charge in [-0.1, -0.05) is 15.9 Å². The Hall–Kier alpha value is -0.790. The molecule has 7 heteroatoms. The maximum atomic E-state index is 12.3. The number of imide groups is 1. The number of carbonyl (C=O) groups is 2. The monoisotopic (exact) mass is 433 g/mol. The highest BCUT2D eigenvalue weighted by Gasteiger charge is 2.36. The zero-order valence-corrected chi connectivity index (χ0v) is 15.6. The van der Waals surface area contributed by atoms with Gasteiger partial charge >= 0.3 is 0 Å². The number of nitrogens with zero attached hydrogens (tertiary/aromatic N) is 1. The van der Waals surface area contributed by atoms with Crippen molar-refractivity contribution in [2.24, 2.45) is 0 Å². The van der Waals surface area contributed by atoms with E-state index >= 15 is 0 Å². The van der Waals surface area contributed by atoms with Gasteiger partial charge in [-0.25, -0.2) is 0 Å². The fraction of sp³-hybridized carbons (Fsp3) is 0.286. The van der Waals surface area contributed by atoms with Gasteiger partial charge in [0.15, 0.2) is 0 Å². The molecule has 0 aliphatic carbocycles. The first-order valence-electron chi connectivity index (χ1n) is 6.15. The number of methoxy groups -OCH3 is 1. The molecular weight excluding hydrogens is 422 g/mol. The molecule has 0 atom stereocenters. The van der Waals surface area contributed by atoms with E-state index in [4.69, 9.17) is 4.74 Å². The van der Waals surface area contributed by atoms with Crippen LogP contribution in [0.15, 0.2) is 26.0 Å². The summed E-state index contributed by atoms with van der Waals surface area (Å²) in [6.07, 6.45) is 1.68. The van der Waals surface area contributed by atoms with Crippen LogP contribution >= 0.6 is 43.6 Å². The lowest BCUT2D eigenvalue weighted by molar-refractivity contribution is -0.123. The number of hydrogen-bond donors (Lipinski definition) is 0. The summed E-state index contributed by atoms with van der Waals surface area (Å²) in [7, 11) is 1.56. The first-order chi connectivity index (χ1) is 9.85. The number of benzene rings is 1. The third-order valence-electron chi connectivity index (χ3n) is 2.87. The maximum Gasteiger partial charge on any atom is 0.293 e. The highest BCUT2D eigenvalue weighted by molar-refractivity contribution is 9.11. The number of carbonyl (C=O) groups excluding carboxylic acids is 2. The van der Waals surface area contributed by atoms with Crippen LogP contribution in [0, 0.1) is 0 Å². The molecule has 4 nitrogen and oxygen atoms in total. The molecule has 1 aromatic carbocycles. The smallest absolute Gasteiger partial charge is 0.293 e. The average molecular weight is 435 g/mol. The Morgan fingerprint density at radius 3 is 2.48 bits per heavy atom. The van der Waals surface area contributed by atoms with Crippen LogP contribution < -0.4 is 4.74 Å². The molecule has 1 heterocycles. The van der Waals surface area contributed by atoms with Gasteiger partial charge in [-0.05, 0) is 59.7 Å². The Morgan fingerprint density at radius 2 is 1.95 bits per heavy atom. The van der Waals surface area contributed by atoms with Crippen molar-refractivity contribution in [2.45, 2.75) is 19.9 Å². The van der Waals surface area contributed by atoms with Gasteiger partial charge in [-0.15, -0.1) is 0 Å². The van der Waals surface area contributed by atoms with Crippen LogP contribution in [0.3, 0.4) is 0 Å². The average Bonchev–Trinajstić information content (AvgIpc) is 2.63. The lowest BCUT2D eigenvalue weighted by atomic mass is 10.2. The predicted octanol–water partition coefficient (Wildman–Crippen LogP) is 4.66. The highest BCUT2D eigenvalue weighted by Crippen LogP contribution is 2.38. The first-order valence-corrected chi connectivity index (χ1v) is 8.55. The van der Waals surface area contributed by atoms with Crippen LogP contribution in [0.5, 0.6) is 5.75 Å². The lowest BCUT2D eigenvalue weighted by Gasteiger charge is -2.16. The van der Waals surface area contributed by atoms with E-state index in [1.54, 1.807) is 13.2 Å². The van der Waals surface area contributed by atoms with Gasteiger partial charge in [0.2, 0.25) is 0 Å². The van der Waals surface area contributed by atoms with E-state index in [0.29, 0.717) is 10.7 Å². The van der Waals surface area contributed by atoms with E-state index in [0.717, 1.165) is 26.3 Å². The summed E-state index contributed by atoms with van der Waals surface area (Å²) >= 11 is 7.77. The Labute approximate surface area is 144 Å². The van der Waals surface area contributed by atoms with E-state index in [1.165, 1.54) is 4.90 Å². The summed E-state index contributed by atoms with van der Waals surface area (Å²) in [4.78, 5) is 25.8. The van der Waals surface area contributed by atoms with Crippen LogP contribution in [0.1, 0.15) is 19.4 Å². The molecule has 1 saturated heterocycles. The quantitative estimate of drug-likeness (QED) is 0.648. The van der Waals surface area contributed by atoms with Crippen LogP contribution in [0.2, 0.25) is 0 Å². The highest BCUT2D eigenvalue weighted by atomic mass is 79.9. The van der Waals surface area contributed by atoms with Gasteiger partial charge in [0.25, 0.3) is 11.1 Å². The minimum absolute atomic E-state index is 0.153. The number of amides is 2. The summed E-state index contributed by atoms with van der Waals surface area (Å²) in [6, 6.07) is 3.54. The Balaban J connectivity index is 2.46. The van der Waals surface area contributed by atoms with E-state index in [2.05, 4.69) is 31.9 Å². The SMILES string of the molecule is COc1c(Br)cc(Br)cc1/C=C1\SC(=O)N(C(C)C)C1=O. The predicted molar refractivity (Wildman–Crippen MR) is 91.3 cm³/mol. The molecule has 2 rings (SSSR count). The van der Waals surface area contributed by atoms with Crippen LogP contribution in [0.4, 0.5) is 4.79 Å². The Bertz CT molecular complexity index is 643. The number of rotatable bonds is 3. The summed E-state index contributed by atoms with van der Waals surface area (Å²) in [6.45, 7) is 3.63. The first kappa shape index (κ1) is 16.6. The number of thioether (sulfide) groups is 1. The van der Waals surface area contributed by atoms with Crippen molar-refractivity contribution >= 4 is 60.8 Å². The van der Waals surface area contributed by atoms with Crippen molar-refractivity contribution in [3.63, 3.8) is 0 Å².